The first kappa shape index (κ1) is 15.2. The van der Waals surface area contributed by atoms with Crippen LogP contribution < -0.4 is 5.32 Å². The molecule has 2 N–H and O–H groups in total. The number of ether oxygens (including phenoxy) is 1. The molecule has 0 bridgehead atoms. The first-order chi connectivity index (χ1) is 9.04. The SMILES string of the molecule is CCOC(=O)[C@H](Cc1ccccc1)N[C@@H](C)C(=O)O. The Morgan fingerprint density at radius 1 is 1.32 bits per heavy atom. The molecule has 5 nitrogen and oxygen atoms in total. The Labute approximate surface area is 112 Å². The lowest BCUT2D eigenvalue weighted by Crippen LogP contribution is -2.47. The fourth-order valence-corrected chi connectivity index (χ4v) is 1.68. The molecule has 104 valence electrons. The van der Waals surface area contributed by atoms with Crippen molar-refractivity contribution >= 4 is 11.9 Å². The van der Waals surface area contributed by atoms with Gasteiger partial charge in [0.15, 0.2) is 0 Å². The molecule has 0 aliphatic carbocycles. The van der Waals surface area contributed by atoms with Crippen molar-refractivity contribution in [2.75, 3.05) is 6.61 Å². The maximum atomic E-state index is 11.8. The van der Waals surface area contributed by atoms with E-state index in [0.717, 1.165) is 5.56 Å². The molecule has 0 saturated carbocycles. The van der Waals surface area contributed by atoms with Crippen LogP contribution in [-0.2, 0) is 20.7 Å². The van der Waals surface area contributed by atoms with Gasteiger partial charge in [0.05, 0.1) is 6.61 Å². The van der Waals surface area contributed by atoms with Gasteiger partial charge in [0, 0.05) is 0 Å². The van der Waals surface area contributed by atoms with E-state index >= 15 is 0 Å². The van der Waals surface area contributed by atoms with Gasteiger partial charge < -0.3 is 9.84 Å². The van der Waals surface area contributed by atoms with Crippen LogP contribution in [-0.4, -0.2) is 35.7 Å². The van der Waals surface area contributed by atoms with Crippen molar-refractivity contribution in [3.8, 4) is 0 Å². The minimum atomic E-state index is -0.998. The maximum Gasteiger partial charge on any atom is 0.323 e. The Morgan fingerprint density at radius 2 is 1.95 bits per heavy atom. The standard InChI is InChI=1S/C14H19NO4/c1-3-19-14(18)12(15-10(2)13(16)17)9-11-7-5-4-6-8-11/h4-8,10,12,15H,3,9H2,1-2H3,(H,16,17)/t10-,12-/m0/s1. The third-order valence-electron chi connectivity index (χ3n) is 2.68. The van der Waals surface area contributed by atoms with Crippen LogP contribution in [0.15, 0.2) is 30.3 Å². The zero-order chi connectivity index (χ0) is 14.3. The molecule has 0 heterocycles. The summed E-state index contributed by atoms with van der Waals surface area (Å²) in [4.78, 5) is 22.7. The fraction of sp³-hybridized carbons (Fsp3) is 0.429. The van der Waals surface area contributed by atoms with Gasteiger partial charge in [0.1, 0.15) is 12.1 Å². The van der Waals surface area contributed by atoms with Crippen molar-refractivity contribution in [3.63, 3.8) is 0 Å². The molecule has 0 spiro atoms. The van der Waals surface area contributed by atoms with Gasteiger partial charge >= 0.3 is 11.9 Å². The van der Waals surface area contributed by atoms with Gasteiger partial charge in [0.25, 0.3) is 0 Å². The second-order valence-electron chi connectivity index (χ2n) is 4.22. The molecule has 2 atom stereocenters. The maximum absolute atomic E-state index is 11.8. The number of hydrogen-bond donors (Lipinski definition) is 2. The number of hydrogen-bond acceptors (Lipinski definition) is 4. The number of carboxylic acids is 1. The summed E-state index contributed by atoms with van der Waals surface area (Å²) in [6.45, 7) is 3.49. The van der Waals surface area contributed by atoms with Crippen molar-refractivity contribution in [1.82, 2.24) is 5.32 Å². The van der Waals surface area contributed by atoms with Crippen LogP contribution in [0.2, 0.25) is 0 Å². The summed E-state index contributed by atoms with van der Waals surface area (Å²) in [5.74, 6) is -1.43. The Morgan fingerprint density at radius 3 is 2.47 bits per heavy atom. The summed E-state index contributed by atoms with van der Waals surface area (Å²) in [5, 5.41) is 11.7. The minimum absolute atomic E-state index is 0.271. The minimum Gasteiger partial charge on any atom is -0.480 e. The van der Waals surface area contributed by atoms with Crippen LogP contribution in [0, 0.1) is 0 Å². The van der Waals surface area contributed by atoms with E-state index in [9.17, 15) is 9.59 Å². The highest BCUT2D eigenvalue weighted by atomic mass is 16.5. The van der Waals surface area contributed by atoms with Crippen molar-refractivity contribution in [3.05, 3.63) is 35.9 Å². The van der Waals surface area contributed by atoms with E-state index < -0.39 is 24.0 Å². The van der Waals surface area contributed by atoms with Gasteiger partial charge in [0.2, 0.25) is 0 Å². The lowest BCUT2D eigenvalue weighted by atomic mass is 10.1. The number of esters is 1. The van der Waals surface area contributed by atoms with Crippen LogP contribution in [0.4, 0.5) is 0 Å². The second kappa shape index (κ2) is 7.53. The van der Waals surface area contributed by atoms with Crippen molar-refractivity contribution in [2.45, 2.75) is 32.4 Å². The zero-order valence-electron chi connectivity index (χ0n) is 11.1. The molecule has 0 saturated heterocycles. The molecule has 5 heteroatoms. The lowest BCUT2D eigenvalue weighted by molar-refractivity contribution is -0.146. The van der Waals surface area contributed by atoms with Crippen LogP contribution >= 0.6 is 0 Å². The van der Waals surface area contributed by atoms with Crippen LogP contribution in [0.25, 0.3) is 0 Å². The highest BCUT2D eigenvalue weighted by Gasteiger charge is 2.24. The summed E-state index contributed by atoms with van der Waals surface area (Å²) in [7, 11) is 0. The molecule has 0 aliphatic rings. The normalized spacial score (nSPS) is 13.6. The quantitative estimate of drug-likeness (QED) is 0.725. The van der Waals surface area contributed by atoms with Gasteiger partial charge in [-0.2, -0.15) is 0 Å². The number of rotatable bonds is 7. The van der Waals surface area contributed by atoms with Crippen molar-refractivity contribution in [2.24, 2.45) is 0 Å². The van der Waals surface area contributed by atoms with E-state index in [2.05, 4.69) is 5.32 Å². The monoisotopic (exact) mass is 265 g/mol. The lowest BCUT2D eigenvalue weighted by Gasteiger charge is -2.19. The Hall–Kier alpha value is -1.88. The topological polar surface area (TPSA) is 75.6 Å². The number of nitrogens with one attached hydrogen (secondary N) is 1. The largest absolute Gasteiger partial charge is 0.480 e. The molecule has 0 fully saturated rings. The van der Waals surface area contributed by atoms with E-state index in [1.807, 2.05) is 30.3 Å². The second-order valence-corrected chi connectivity index (χ2v) is 4.22. The molecule has 1 aromatic carbocycles. The van der Waals surface area contributed by atoms with Gasteiger partial charge in [-0.15, -0.1) is 0 Å². The fourth-order valence-electron chi connectivity index (χ4n) is 1.68. The Balaban J connectivity index is 2.74. The molecule has 0 aromatic heterocycles. The number of carbonyl (C=O) groups excluding carboxylic acids is 1. The summed E-state index contributed by atoms with van der Waals surface area (Å²) in [6, 6.07) is 7.94. The van der Waals surface area contributed by atoms with Crippen molar-refractivity contribution < 1.29 is 19.4 Å². The predicted molar refractivity (Wildman–Crippen MR) is 70.8 cm³/mol. The van der Waals surface area contributed by atoms with Crippen LogP contribution in [0.5, 0.6) is 0 Å². The highest BCUT2D eigenvalue weighted by Crippen LogP contribution is 2.05. The molecule has 1 rings (SSSR count). The average Bonchev–Trinajstić information content (AvgIpc) is 2.39. The number of aliphatic carboxylic acids is 1. The third kappa shape index (κ3) is 5.09. The molecule has 0 amide bonds. The summed E-state index contributed by atoms with van der Waals surface area (Å²) >= 11 is 0. The van der Waals surface area contributed by atoms with E-state index in [1.54, 1.807) is 6.92 Å². The number of benzene rings is 1. The number of carboxylic acid groups (broad SMARTS) is 1. The first-order valence-electron chi connectivity index (χ1n) is 6.24. The molecular formula is C14H19NO4. The van der Waals surface area contributed by atoms with Crippen molar-refractivity contribution in [1.29, 1.82) is 0 Å². The first-order valence-corrected chi connectivity index (χ1v) is 6.24. The van der Waals surface area contributed by atoms with Gasteiger partial charge in [-0.1, -0.05) is 30.3 Å². The molecule has 19 heavy (non-hydrogen) atoms. The average molecular weight is 265 g/mol. The smallest absolute Gasteiger partial charge is 0.323 e. The molecule has 1 aromatic rings. The summed E-state index contributed by atoms with van der Waals surface area (Å²) in [5.41, 5.74) is 0.950. The Kier molecular flexibility index (Phi) is 6.02. The summed E-state index contributed by atoms with van der Waals surface area (Å²) in [6.07, 6.45) is 0.400. The highest BCUT2D eigenvalue weighted by molar-refractivity contribution is 5.78. The van der Waals surface area contributed by atoms with E-state index in [-0.39, 0.29) is 6.61 Å². The van der Waals surface area contributed by atoms with Crippen LogP contribution in [0.1, 0.15) is 19.4 Å². The van der Waals surface area contributed by atoms with Gasteiger partial charge in [-0.05, 0) is 25.8 Å². The Bertz CT molecular complexity index is 419. The van der Waals surface area contributed by atoms with Crippen LogP contribution in [0.3, 0.4) is 0 Å². The third-order valence-corrected chi connectivity index (χ3v) is 2.68. The van der Waals surface area contributed by atoms with E-state index in [0.29, 0.717) is 6.42 Å². The summed E-state index contributed by atoms with van der Waals surface area (Å²) < 4.78 is 4.96. The van der Waals surface area contributed by atoms with E-state index in [1.165, 1.54) is 6.92 Å². The van der Waals surface area contributed by atoms with Gasteiger partial charge in [-0.25, -0.2) is 0 Å². The van der Waals surface area contributed by atoms with E-state index in [4.69, 9.17) is 9.84 Å². The molecule has 0 radical (unpaired) electrons. The molecule has 0 unspecified atom stereocenters. The zero-order valence-corrected chi connectivity index (χ0v) is 11.1. The number of carbonyl (C=O) groups is 2. The predicted octanol–water partition coefficient (Wildman–Crippen LogP) is 1.22. The molecule has 0 aliphatic heterocycles. The van der Waals surface area contributed by atoms with Gasteiger partial charge in [-0.3, -0.25) is 14.9 Å². The molecular weight excluding hydrogens is 246 g/mol.